The van der Waals surface area contributed by atoms with Crippen LogP contribution in [0.25, 0.3) is 0 Å². The van der Waals surface area contributed by atoms with Gasteiger partial charge in [-0.1, -0.05) is 0 Å². The van der Waals surface area contributed by atoms with Crippen LogP contribution in [0.5, 0.6) is 5.75 Å². The summed E-state index contributed by atoms with van der Waals surface area (Å²) in [5.41, 5.74) is 5.73. The van der Waals surface area contributed by atoms with Crippen LogP contribution in [0.3, 0.4) is 0 Å². The maximum absolute atomic E-state index is 12.2. The molecule has 0 unspecified atom stereocenters. The number of rotatable bonds is 5. The van der Waals surface area contributed by atoms with Gasteiger partial charge in [0.2, 0.25) is 0 Å². The maximum Gasteiger partial charge on any atom is 0.573 e. The SMILES string of the molecule is CC(C)N(CCN)C(=O)c1ccc(OC(F)(F)F)cc1. The molecule has 0 saturated carbocycles. The lowest BCUT2D eigenvalue weighted by Crippen LogP contribution is -2.40. The van der Waals surface area contributed by atoms with Gasteiger partial charge in [0.25, 0.3) is 5.91 Å². The fraction of sp³-hybridized carbons (Fsp3) is 0.462. The Morgan fingerprint density at radius 1 is 1.30 bits per heavy atom. The van der Waals surface area contributed by atoms with E-state index < -0.39 is 6.36 Å². The Labute approximate surface area is 115 Å². The van der Waals surface area contributed by atoms with Crippen LogP contribution in [0.4, 0.5) is 13.2 Å². The minimum absolute atomic E-state index is 0.0443. The molecular formula is C13H17F3N2O2. The Morgan fingerprint density at radius 2 is 1.85 bits per heavy atom. The zero-order chi connectivity index (χ0) is 15.3. The van der Waals surface area contributed by atoms with Crippen LogP contribution in [0.1, 0.15) is 24.2 Å². The molecule has 0 fully saturated rings. The van der Waals surface area contributed by atoms with E-state index in [0.29, 0.717) is 18.7 Å². The summed E-state index contributed by atoms with van der Waals surface area (Å²) >= 11 is 0. The summed E-state index contributed by atoms with van der Waals surface area (Å²) in [6, 6.07) is 4.78. The van der Waals surface area contributed by atoms with E-state index in [2.05, 4.69) is 4.74 Å². The van der Waals surface area contributed by atoms with Crippen molar-refractivity contribution in [3.05, 3.63) is 29.8 Å². The number of carbonyl (C=O) groups excluding carboxylic acids is 1. The van der Waals surface area contributed by atoms with Gasteiger partial charge in [-0.05, 0) is 38.1 Å². The standard InChI is InChI=1S/C13H17F3N2O2/c1-9(2)18(8-7-17)12(19)10-3-5-11(6-4-10)20-13(14,15)16/h3-6,9H,7-8,17H2,1-2H3. The summed E-state index contributed by atoms with van der Waals surface area (Å²) < 4.78 is 39.8. The second kappa shape index (κ2) is 6.60. The van der Waals surface area contributed by atoms with Gasteiger partial charge in [0.05, 0.1) is 0 Å². The molecule has 2 N–H and O–H groups in total. The molecule has 1 amide bonds. The summed E-state index contributed by atoms with van der Waals surface area (Å²) in [7, 11) is 0. The van der Waals surface area contributed by atoms with Gasteiger partial charge in [0.1, 0.15) is 5.75 Å². The minimum Gasteiger partial charge on any atom is -0.406 e. The number of nitrogens with zero attached hydrogens (tertiary/aromatic N) is 1. The first-order valence-corrected chi connectivity index (χ1v) is 6.11. The summed E-state index contributed by atoms with van der Waals surface area (Å²) in [6.07, 6.45) is -4.74. The molecule has 0 radical (unpaired) electrons. The number of benzene rings is 1. The van der Waals surface area contributed by atoms with Gasteiger partial charge in [-0.25, -0.2) is 0 Å². The Bertz CT molecular complexity index is 444. The number of ether oxygens (including phenoxy) is 1. The molecule has 7 heteroatoms. The molecule has 0 heterocycles. The molecular weight excluding hydrogens is 273 g/mol. The van der Waals surface area contributed by atoms with E-state index in [0.717, 1.165) is 12.1 Å². The number of carbonyl (C=O) groups is 1. The number of nitrogens with two attached hydrogens (primary N) is 1. The molecule has 0 bridgehead atoms. The smallest absolute Gasteiger partial charge is 0.406 e. The van der Waals surface area contributed by atoms with E-state index in [1.165, 1.54) is 12.1 Å². The third-order valence-corrected chi connectivity index (χ3v) is 2.59. The zero-order valence-electron chi connectivity index (χ0n) is 11.3. The van der Waals surface area contributed by atoms with E-state index in [1.54, 1.807) is 4.90 Å². The first-order valence-electron chi connectivity index (χ1n) is 6.11. The molecule has 0 atom stereocenters. The molecule has 1 rings (SSSR count). The van der Waals surface area contributed by atoms with Crippen LogP contribution >= 0.6 is 0 Å². The number of amides is 1. The van der Waals surface area contributed by atoms with E-state index in [4.69, 9.17) is 5.73 Å². The highest BCUT2D eigenvalue weighted by atomic mass is 19.4. The molecule has 0 spiro atoms. The van der Waals surface area contributed by atoms with Crippen LogP contribution in [0.2, 0.25) is 0 Å². The van der Waals surface area contributed by atoms with Crippen molar-refractivity contribution in [2.45, 2.75) is 26.3 Å². The summed E-state index contributed by atoms with van der Waals surface area (Å²) in [6.45, 7) is 4.39. The molecule has 112 valence electrons. The first kappa shape index (κ1) is 16.3. The number of halogens is 3. The molecule has 0 saturated heterocycles. The van der Waals surface area contributed by atoms with E-state index in [-0.39, 0.29) is 17.7 Å². The van der Waals surface area contributed by atoms with Crippen molar-refractivity contribution in [1.29, 1.82) is 0 Å². The fourth-order valence-corrected chi connectivity index (χ4v) is 1.70. The highest BCUT2D eigenvalue weighted by Crippen LogP contribution is 2.23. The zero-order valence-corrected chi connectivity index (χ0v) is 11.3. The minimum atomic E-state index is -4.74. The third kappa shape index (κ3) is 4.73. The molecule has 0 aliphatic rings. The van der Waals surface area contributed by atoms with Crippen molar-refractivity contribution in [2.75, 3.05) is 13.1 Å². The van der Waals surface area contributed by atoms with Crippen LogP contribution in [0.15, 0.2) is 24.3 Å². The van der Waals surface area contributed by atoms with Crippen molar-refractivity contribution in [3.63, 3.8) is 0 Å². The van der Waals surface area contributed by atoms with Gasteiger partial charge in [0.15, 0.2) is 0 Å². The third-order valence-electron chi connectivity index (χ3n) is 2.59. The topological polar surface area (TPSA) is 55.6 Å². The maximum atomic E-state index is 12.2. The van der Waals surface area contributed by atoms with Crippen molar-refractivity contribution in [3.8, 4) is 5.75 Å². The van der Waals surface area contributed by atoms with Crippen LogP contribution in [0, 0.1) is 0 Å². The highest BCUT2D eigenvalue weighted by molar-refractivity contribution is 5.94. The lowest BCUT2D eigenvalue weighted by molar-refractivity contribution is -0.274. The fourth-order valence-electron chi connectivity index (χ4n) is 1.70. The van der Waals surface area contributed by atoms with Crippen molar-refractivity contribution in [1.82, 2.24) is 4.90 Å². The quantitative estimate of drug-likeness (QED) is 0.906. The van der Waals surface area contributed by atoms with Crippen molar-refractivity contribution >= 4 is 5.91 Å². The van der Waals surface area contributed by atoms with Crippen LogP contribution in [-0.2, 0) is 0 Å². The molecule has 20 heavy (non-hydrogen) atoms. The normalized spacial score (nSPS) is 11.6. The molecule has 0 aromatic heterocycles. The van der Waals surface area contributed by atoms with Gasteiger partial charge in [-0.2, -0.15) is 0 Å². The average molecular weight is 290 g/mol. The molecule has 0 aliphatic carbocycles. The first-order chi connectivity index (χ1) is 9.24. The van der Waals surface area contributed by atoms with E-state index in [1.807, 2.05) is 13.8 Å². The van der Waals surface area contributed by atoms with Gasteiger partial charge in [-0.3, -0.25) is 4.79 Å². The average Bonchev–Trinajstić information content (AvgIpc) is 2.33. The van der Waals surface area contributed by atoms with Gasteiger partial charge < -0.3 is 15.4 Å². The molecule has 0 aliphatic heterocycles. The van der Waals surface area contributed by atoms with Crippen LogP contribution in [-0.4, -0.2) is 36.3 Å². The van der Waals surface area contributed by atoms with Gasteiger partial charge in [-0.15, -0.1) is 13.2 Å². The number of hydrogen-bond acceptors (Lipinski definition) is 3. The Hall–Kier alpha value is -1.76. The monoisotopic (exact) mass is 290 g/mol. The second-order valence-corrected chi connectivity index (χ2v) is 4.45. The van der Waals surface area contributed by atoms with E-state index >= 15 is 0 Å². The van der Waals surface area contributed by atoms with Gasteiger partial charge in [0, 0.05) is 24.7 Å². The second-order valence-electron chi connectivity index (χ2n) is 4.45. The van der Waals surface area contributed by atoms with Crippen molar-refractivity contribution < 1.29 is 22.7 Å². The Balaban J connectivity index is 2.84. The highest BCUT2D eigenvalue weighted by Gasteiger charge is 2.31. The number of alkyl halides is 3. The lowest BCUT2D eigenvalue weighted by atomic mass is 10.1. The predicted molar refractivity (Wildman–Crippen MR) is 68.4 cm³/mol. The Morgan fingerprint density at radius 3 is 2.25 bits per heavy atom. The summed E-state index contributed by atoms with van der Waals surface area (Å²) in [5, 5.41) is 0. The van der Waals surface area contributed by atoms with Crippen molar-refractivity contribution in [2.24, 2.45) is 5.73 Å². The molecule has 1 aromatic carbocycles. The lowest BCUT2D eigenvalue weighted by Gasteiger charge is -2.26. The molecule has 1 aromatic rings. The van der Waals surface area contributed by atoms with E-state index in [9.17, 15) is 18.0 Å². The van der Waals surface area contributed by atoms with Gasteiger partial charge >= 0.3 is 6.36 Å². The summed E-state index contributed by atoms with van der Waals surface area (Å²) in [4.78, 5) is 13.7. The Kier molecular flexibility index (Phi) is 5.38. The largest absolute Gasteiger partial charge is 0.573 e. The van der Waals surface area contributed by atoms with Crippen LogP contribution < -0.4 is 10.5 Å². The predicted octanol–water partition coefficient (Wildman–Crippen LogP) is 2.39. The molecule has 4 nitrogen and oxygen atoms in total. The summed E-state index contributed by atoms with van der Waals surface area (Å²) in [5.74, 6) is -0.631. The number of hydrogen-bond donors (Lipinski definition) is 1.